The predicted octanol–water partition coefficient (Wildman–Crippen LogP) is 1.43. The third kappa shape index (κ3) is 6.78. The lowest BCUT2D eigenvalue weighted by Gasteiger charge is -2.23. The molecule has 6 radical (unpaired) electrons. The van der Waals surface area contributed by atoms with Crippen molar-refractivity contribution in [2.24, 2.45) is 7.05 Å². The fourth-order valence-electron chi connectivity index (χ4n) is 3.06. The fraction of sp³-hybridized carbons (Fsp3) is 0.286. The van der Waals surface area contributed by atoms with Gasteiger partial charge in [0.25, 0.3) is 5.91 Å². The maximum Gasteiger partial charge on any atom is 0.413 e. The zero-order valence-corrected chi connectivity index (χ0v) is 19.7. The number of carbonyl (C=O) groups excluding carboxylic acids is 2. The van der Waals surface area contributed by atoms with Crippen LogP contribution in [0.3, 0.4) is 0 Å². The number of ether oxygens (including phenoxy) is 2. The Morgan fingerprint density at radius 2 is 1.89 bits per heavy atom. The van der Waals surface area contributed by atoms with Crippen molar-refractivity contribution < 1.29 is 19.1 Å². The molecule has 0 saturated carbocycles. The Labute approximate surface area is 206 Å². The molecule has 0 atom stereocenters. The number of carbonyl (C=O) groups is 2. The third-order valence-corrected chi connectivity index (χ3v) is 4.38. The highest BCUT2D eigenvalue weighted by molar-refractivity contribution is 6.60. The van der Waals surface area contributed by atoms with E-state index >= 15 is 0 Å². The van der Waals surface area contributed by atoms with Gasteiger partial charge in [-0.25, -0.2) is 14.8 Å². The number of pyridine rings is 1. The normalized spacial score (nSPS) is 11.1. The zero-order valence-electron chi connectivity index (χ0n) is 19.7. The molecule has 0 unspecified atom stereocenters. The molecule has 0 aliphatic heterocycles. The molecule has 35 heavy (non-hydrogen) atoms. The summed E-state index contributed by atoms with van der Waals surface area (Å²) in [6.45, 7) is 3.42. The molecule has 0 fully saturated rings. The van der Waals surface area contributed by atoms with E-state index in [1.165, 1.54) is 19.4 Å². The van der Waals surface area contributed by atoms with Gasteiger partial charge >= 0.3 is 6.09 Å². The Bertz CT molecular complexity index is 1230. The molecule has 0 spiro atoms. The molecule has 174 valence electrons. The molecule has 3 aromatic rings. The van der Waals surface area contributed by atoms with Crippen molar-refractivity contribution in [3.63, 3.8) is 0 Å². The van der Waals surface area contributed by atoms with E-state index in [4.69, 9.17) is 33.0 Å². The highest BCUT2D eigenvalue weighted by atomic mass is 16.6. The topological polar surface area (TPSA) is 132 Å². The number of hydrogen-bond donors (Lipinski definition) is 3. The number of para-hydroxylation sites is 1. The van der Waals surface area contributed by atoms with Crippen LogP contribution >= 0.6 is 0 Å². The largest absolute Gasteiger partial charge is 0.494 e. The van der Waals surface area contributed by atoms with E-state index in [9.17, 15) is 9.59 Å². The van der Waals surface area contributed by atoms with Gasteiger partial charge in [0, 0.05) is 19.3 Å². The number of aromatic nitrogens is 4. The monoisotopic (exact) mass is 469 g/mol. The molecule has 2 heterocycles. The summed E-state index contributed by atoms with van der Waals surface area (Å²) in [5, 5.41) is 10.3. The summed E-state index contributed by atoms with van der Waals surface area (Å²) in [6, 6.07) is 6.72. The number of nitrogens with zero attached hydrogens (tertiary/aromatic N) is 4. The van der Waals surface area contributed by atoms with Crippen LogP contribution in [0.2, 0.25) is 0 Å². The smallest absolute Gasteiger partial charge is 0.413 e. The number of hydrogen-bond acceptors (Lipinski definition) is 8. The summed E-state index contributed by atoms with van der Waals surface area (Å²) in [5.41, 5.74) is 1.38. The SMILES string of the molecule is [B]C([B])([B])NC(=O)c1cnc(NC(=O)OC(C)C)cc1Nc1cccc(-c2ncn(C)n2)c1OC. The van der Waals surface area contributed by atoms with Crippen LogP contribution in [0.1, 0.15) is 24.2 Å². The van der Waals surface area contributed by atoms with Gasteiger partial charge in [-0.15, -0.1) is 0 Å². The first kappa shape index (κ1) is 25.7. The van der Waals surface area contributed by atoms with Gasteiger partial charge in [-0.2, -0.15) is 5.10 Å². The first-order valence-electron chi connectivity index (χ1n) is 10.4. The van der Waals surface area contributed by atoms with Gasteiger partial charge in [-0.05, 0) is 26.0 Å². The molecule has 14 heteroatoms. The summed E-state index contributed by atoms with van der Waals surface area (Å²) in [4.78, 5) is 33.2. The lowest BCUT2D eigenvalue weighted by atomic mass is 9.49. The van der Waals surface area contributed by atoms with E-state index in [-0.39, 0.29) is 23.2 Å². The lowest BCUT2D eigenvalue weighted by Crippen LogP contribution is -2.50. The van der Waals surface area contributed by atoms with Gasteiger partial charge in [0.2, 0.25) is 0 Å². The molecule has 3 N–H and O–H groups in total. The molecule has 1 aromatic carbocycles. The molecule has 2 amide bonds. The number of methoxy groups -OCH3 is 1. The van der Waals surface area contributed by atoms with E-state index in [0.717, 1.165) is 0 Å². The van der Waals surface area contributed by atoms with Gasteiger partial charge in [-0.3, -0.25) is 14.8 Å². The Hall–Kier alpha value is -3.96. The average molecular weight is 469 g/mol. The van der Waals surface area contributed by atoms with E-state index in [1.54, 1.807) is 50.1 Å². The Morgan fingerprint density at radius 1 is 1.14 bits per heavy atom. The van der Waals surface area contributed by atoms with Crippen molar-refractivity contribution in [3.8, 4) is 17.1 Å². The minimum Gasteiger partial charge on any atom is -0.494 e. The van der Waals surface area contributed by atoms with Crippen LogP contribution in [0.25, 0.3) is 11.4 Å². The van der Waals surface area contributed by atoms with Crippen molar-refractivity contribution in [1.82, 2.24) is 25.1 Å². The molecule has 11 nitrogen and oxygen atoms in total. The lowest BCUT2D eigenvalue weighted by molar-refractivity contribution is 0.0953. The summed E-state index contributed by atoms with van der Waals surface area (Å²) in [7, 11) is 19.8. The minimum absolute atomic E-state index is 0.0434. The minimum atomic E-state index is -1.96. The summed E-state index contributed by atoms with van der Waals surface area (Å²) in [5.74, 6) is 0.279. The number of rotatable bonds is 8. The summed E-state index contributed by atoms with van der Waals surface area (Å²) >= 11 is 0. The predicted molar refractivity (Wildman–Crippen MR) is 133 cm³/mol. The Kier molecular flexibility index (Phi) is 7.73. The van der Waals surface area contributed by atoms with Gasteiger partial charge in [-0.1, -0.05) is 11.3 Å². The van der Waals surface area contributed by atoms with Crippen LogP contribution in [0.15, 0.2) is 36.8 Å². The van der Waals surface area contributed by atoms with Crippen LogP contribution in [0.5, 0.6) is 5.75 Å². The zero-order chi connectivity index (χ0) is 25.8. The fourth-order valence-corrected chi connectivity index (χ4v) is 3.06. The van der Waals surface area contributed by atoms with Gasteiger partial charge in [0.05, 0.1) is 59.3 Å². The van der Waals surface area contributed by atoms with Crippen LogP contribution in [0.4, 0.5) is 22.0 Å². The van der Waals surface area contributed by atoms with E-state index in [1.807, 2.05) is 0 Å². The number of anilines is 3. The van der Waals surface area contributed by atoms with Crippen LogP contribution in [-0.4, -0.2) is 73.7 Å². The van der Waals surface area contributed by atoms with Crippen molar-refractivity contribution in [1.29, 1.82) is 0 Å². The second-order valence-corrected chi connectivity index (χ2v) is 7.83. The number of nitrogens with one attached hydrogen (secondary N) is 3. The van der Waals surface area contributed by atoms with Gasteiger partial charge in [0.1, 0.15) is 12.1 Å². The maximum atomic E-state index is 12.8. The van der Waals surface area contributed by atoms with Gasteiger partial charge < -0.3 is 20.1 Å². The van der Waals surface area contributed by atoms with Crippen LogP contribution in [0, 0.1) is 0 Å². The molecule has 2 aromatic heterocycles. The number of amides is 2. The van der Waals surface area contributed by atoms with E-state index in [0.29, 0.717) is 22.8 Å². The average Bonchev–Trinajstić information content (AvgIpc) is 3.18. The molecular formula is C21H22B3N7O4. The molecule has 0 bridgehead atoms. The Balaban J connectivity index is 2.03. The molecular weight excluding hydrogens is 447 g/mol. The first-order valence-corrected chi connectivity index (χ1v) is 10.4. The Morgan fingerprint density at radius 3 is 2.49 bits per heavy atom. The third-order valence-electron chi connectivity index (χ3n) is 4.38. The summed E-state index contributed by atoms with van der Waals surface area (Å²) < 4.78 is 12.3. The van der Waals surface area contributed by atoms with Crippen molar-refractivity contribution in [3.05, 3.63) is 42.4 Å². The second kappa shape index (κ2) is 10.5. The molecule has 0 aliphatic rings. The van der Waals surface area contributed by atoms with E-state index in [2.05, 4.69) is 31.0 Å². The molecule has 0 saturated heterocycles. The molecule has 0 aliphatic carbocycles. The quantitative estimate of drug-likeness (QED) is 0.423. The maximum absolute atomic E-state index is 12.8. The van der Waals surface area contributed by atoms with Crippen molar-refractivity contribution in [2.75, 3.05) is 17.7 Å². The summed E-state index contributed by atoms with van der Waals surface area (Å²) in [6.07, 6.45) is 1.75. The highest BCUT2D eigenvalue weighted by Crippen LogP contribution is 2.37. The van der Waals surface area contributed by atoms with Crippen LogP contribution < -0.4 is 20.7 Å². The molecule has 3 rings (SSSR count). The van der Waals surface area contributed by atoms with Crippen molar-refractivity contribution >= 4 is 52.7 Å². The first-order chi connectivity index (χ1) is 16.5. The standard InChI is InChI=1S/C21H22B3N7O4/c1-11(2)35-20(33)28-16-8-15(13(9-25-16)19(32)29-21(22,23)24)27-14-7-5-6-12(17(14)34-4)18-26-10-31(3)30-18/h5-11H,1-4H3,(H,29,32)(H2,25,27,28,33). The van der Waals surface area contributed by atoms with E-state index < -0.39 is 17.2 Å². The van der Waals surface area contributed by atoms with Crippen molar-refractivity contribution in [2.45, 2.75) is 25.2 Å². The number of benzene rings is 1. The van der Waals surface area contributed by atoms with Gasteiger partial charge in [0.15, 0.2) is 11.6 Å². The van der Waals surface area contributed by atoms with Crippen LogP contribution in [-0.2, 0) is 11.8 Å². The number of aryl methyl sites for hydroxylation is 1. The second-order valence-electron chi connectivity index (χ2n) is 7.83. The highest BCUT2D eigenvalue weighted by Gasteiger charge is 2.21.